The van der Waals surface area contributed by atoms with E-state index in [1.165, 1.54) is 18.2 Å². The zero-order valence-corrected chi connectivity index (χ0v) is 11.2. The Kier molecular flexibility index (Phi) is 2.90. The van der Waals surface area contributed by atoms with Gasteiger partial charge in [-0.25, -0.2) is 13.2 Å². The van der Waals surface area contributed by atoms with Gasteiger partial charge in [0.15, 0.2) is 16.4 Å². The number of fused-ring (bicyclic) bond motifs is 1. The summed E-state index contributed by atoms with van der Waals surface area (Å²) in [5, 5.41) is 0. The number of nitrogens with zero attached hydrogens (tertiary/aromatic N) is 1. The quantitative estimate of drug-likeness (QED) is 0.659. The molecule has 20 heavy (non-hydrogen) atoms. The molecule has 0 aliphatic rings. The minimum Gasteiger partial charge on any atom is -0.330 e. The summed E-state index contributed by atoms with van der Waals surface area (Å²) in [5.74, 6) is -2.62. The van der Waals surface area contributed by atoms with Crippen LogP contribution in [-0.2, 0) is 0 Å². The summed E-state index contributed by atoms with van der Waals surface area (Å²) in [6.07, 6.45) is 0. The predicted octanol–water partition coefficient (Wildman–Crippen LogP) is 4.41. The van der Waals surface area contributed by atoms with Crippen molar-refractivity contribution in [3.8, 4) is 5.69 Å². The first kappa shape index (κ1) is 12.9. The van der Waals surface area contributed by atoms with Crippen LogP contribution < -0.4 is 0 Å². The highest BCUT2D eigenvalue weighted by molar-refractivity contribution is 7.71. The molecule has 0 saturated carbocycles. The van der Waals surface area contributed by atoms with Crippen LogP contribution in [0.1, 0.15) is 5.56 Å². The first-order valence-corrected chi connectivity index (χ1v) is 6.25. The van der Waals surface area contributed by atoms with Gasteiger partial charge in [-0.3, -0.25) is 4.57 Å². The lowest BCUT2D eigenvalue weighted by Crippen LogP contribution is -2.00. The number of aromatic nitrogens is 2. The molecule has 1 heterocycles. The number of hydrogen-bond donors (Lipinski definition) is 1. The second-order valence-electron chi connectivity index (χ2n) is 4.48. The van der Waals surface area contributed by atoms with E-state index in [4.69, 9.17) is 12.2 Å². The van der Waals surface area contributed by atoms with E-state index in [1.54, 1.807) is 13.0 Å². The molecule has 0 bridgehead atoms. The predicted molar refractivity (Wildman–Crippen MR) is 73.1 cm³/mol. The number of nitrogens with one attached hydrogen (secondary N) is 1. The lowest BCUT2D eigenvalue weighted by molar-refractivity contribution is 0.514. The normalized spacial score (nSPS) is 11.2. The largest absolute Gasteiger partial charge is 0.330 e. The van der Waals surface area contributed by atoms with E-state index in [1.807, 2.05) is 0 Å². The maximum atomic E-state index is 14.1. The Labute approximate surface area is 117 Å². The summed E-state index contributed by atoms with van der Waals surface area (Å²) in [6.45, 7) is 1.74. The van der Waals surface area contributed by atoms with Crippen molar-refractivity contribution >= 4 is 23.3 Å². The molecule has 3 aromatic rings. The number of hydrogen-bond acceptors (Lipinski definition) is 1. The molecule has 1 N–H and O–H groups in total. The van der Waals surface area contributed by atoms with E-state index >= 15 is 0 Å². The van der Waals surface area contributed by atoms with Crippen molar-refractivity contribution in [3.05, 3.63) is 58.1 Å². The van der Waals surface area contributed by atoms with Gasteiger partial charge in [0, 0.05) is 0 Å². The van der Waals surface area contributed by atoms with Crippen LogP contribution in [0.5, 0.6) is 0 Å². The van der Waals surface area contributed by atoms with Crippen molar-refractivity contribution in [2.75, 3.05) is 0 Å². The Morgan fingerprint density at radius 2 is 1.80 bits per heavy atom. The van der Waals surface area contributed by atoms with E-state index in [-0.39, 0.29) is 16.0 Å². The molecule has 0 aliphatic heterocycles. The van der Waals surface area contributed by atoms with Crippen LogP contribution >= 0.6 is 12.2 Å². The van der Waals surface area contributed by atoms with Crippen LogP contribution in [0.15, 0.2) is 30.3 Å². The van der Waals surface area contributed by atoms with Crippen LogP contribution in [0.3, 0.4) is 0 Å². The Morgan fingerprint density at radius 3 is 2.50 bits per heavy atom. The van der Waals surface area contributed by atoms with E-state index < -0.39 is 17.5 Å². The van der Waals surface area contributed by atoms with Crippen molar-refractivity contribution in [1.29, 1.82) is 0 Å². The number of benzene rings is 2. The number of halogens is 3. The molecule has 102 valence electrons. The Morgan fingerprint density at radius 1 is 1.05 bits per heavy atom. The third-order valence-electron chi connectivity index (χ3n) is 3.08. The fraction of sp³-hybridized carbons (Fsp3) is 0.0714. The molecule has 1 aromatic heterocycles. The van der Waals surface area contributed by atoms with Crippen molar-refractivity contribution in [3.63, 3.8) is 0 Å². The van der Waals surface area contributed by atoms with Crippen molar-refractivity contribution in [2.24, 2.45) is 0 Å². The van der Waals surface area contributed by atoms with Gasteiger partial charge in [0.1, 0.15) is 11.3 Å². The molecule has 3 rings (SSSR count). The number of aryl methyl sites for hydroxylation is 1. The molecule has 2 aromatic carbocycles. The van der Waals surface area contributed by atoms with Gasteiger partial charge in [-0.1, -0.05) is 6.07 Å². The second-order valence-corrected chi connectivity index (χ2v) is 4.86. The summed E-state index contributed by atoms with van der Waals surface area (Å²) in [4.78, 5) is 2.74. The lowest BCUT2D eigenvalue weighted by atomic mass is 10.2. The fourth-order valence-corrected chi connectivity index (χ4v) is 2.45. The molecule has 6 heteroatoms. The molecule has 0 spiro atoms. The van der Waals surface area contributed by atoms with Crippen molar-refractivity contribution in [1.82, 2.24) is 9.55 Å². The van der Waals surface area contributed by atoms with Crippen LogP contribution in [-0.4, -0.2) is 9.55 Å². The fourth-order valence-electron chi connectivity index (χ4n) is 2.16. The smallest absolute Gasteiger partial charge is 0.184 e. The maximum absolute atomic E-state index is 14.1. The zero-order chi connectivity index (χ0) is 14.4. The Bertz CT molecular complexity index is 880. The lowest BCUT2D eigenvalue weighted by Gasteiger charge is -2.07. The van der Waals surface area contributed by atoms with E-state index in [0.29, 0.717) is 5.52 Å². The molecule has 0 saturated heterocycles. The molecule has 2 nitrogen and oxygen atoms in total. The van der Waals surface area contributed by atoms with Gasteiger partial charge in [0.25, 0.3) is 0 Å². The van der Waals surface area contributed by atoms with Gasteiger partial charge in [-0.05, 0) is 49.0 Å². The zero-order valence-electron chi connectivity index (χ0n) is 10.4. The molecule has 0 aliphatic carbocycles. The van der Waals surface area contributed by atoms with E-state index in [0.717, 1.165) is 16.2 Å². The number of H-pyrrole nitrogens is 1. The molecule has 0 atom stereocenters. The van der Waals surface area contributed by atoms with Gasteiger partial charge in [-0.2, -0.15) is 0 Å². The van der Waals surface area contributed by atoms with Crippen LogP contribution in [0, 0.1) is 29.1 Å². The maximum Gasteiger partial charge on any atom is 0.184 e. The highest BCUT2D eigenvalue weighted by Gasteiger charge is 2.16. The van der Waals surface area contributed by atoms with Crippen LogP contribution in [0.4, 0.5) is 13.2 Å². The minimum absolute atomic E-state index is 0.0800. The number of imidazole rings is 1. The van der Waals surface area contributed by atoms with Gasteiger partial charge in [0.05, 0.1) is 11.2 Å². The van der Waals surface area contributed by atoms with Crippen LogP contribution in [0.25, 0.3) is 16.7 Å². The monoisotopic (exact) mass is 294 g/mol. The summed E-state index contributed by atoms with van der Waals surface area (Å²) in [7, 11) is 0. The highest BCUT2D eigenvalue weighted by Crippen LogP contribution is 2.25. The van der Waals surface area contributed by atoms with Crippen LogP contribution in [0.2, 0.25) is 0 Å². The third-order valence-corrected chi connectivity index (χ3v) is 3.37. The highest BCUT2D eigenvalue weighted by atomic mass is 32.1. The van der Waals surface area contributed by atoms with Gasteiger partial charge in [0.2, 0.25) is 0 Å². The summed E-state index contributed by atoms with van der Waals surface area (Å²) < 4.78 is 42.7. The van der Waals surface area contributed by atoms with Gasteiger partial charge >= 0.3 is 0 Å². The molecule has 0 radical (unpaired) electrons. The third kappa shape index (κ3) is 1.84. The van der Waals surface area contributed by atoms with Crippen molar-refractivity contribution in [2.45, 2.75) is 6.92 Å². The summed E-state index contributed by atoms with van der Waals surface area (Å²) in [5.41, 5.74) is 1.02. The molecule has 0 amide bonds. The SMILES string of the molecule is Cc1ccc(-n2c(=S)[nH]c3ccc(F)c(F)c32)c(F)c1. The average Bonchev–Trinajstić information content (AvgIpc) is 2.72. The van der Waals surface area contributed by atoms with E-state index in [9.17, 15) is 13.2 Å². The molecular weight excluding hydrogens is 285 g/mol. The summed E-state index contributed by atoms with van der Waals surface area (Å²) >= 11 is 5.08. The average molecular weight is 294 g/mol. The molecular formula is C14H9F3N2S. The van der Waals surface area contributed by atoms with E-state index in [2.05, 4.69) is 4.98 Å². The Hall–Kier alpha value is -2.08. The Balaban J connectivity index is 2.44. The minimum atomic E-state index is -1.06. The standard InChI is InChI=1S/C14H9F3N2S/c1-7-2-5-11(9(16)6-7)19-13-10(18-14(19)20)4-3-8(15)12(13)17/h2-6H,1H3,(H,18,20). The number of aromatic amines is 1. The molecule has 0 fully saturated rings. The summed E-state index contributed by atoms with van der Waals surface area (Å²) in [6, 6.07) is 6.84. The van der Waals surface area contributed by atoms with Crippen molar-refractivity contribution < 1.29 is 13.2 Å². The van der Waals surface area contributed by atoms with Gasteiger partial charge < -0.3 is 4.98 Å². The second kappa shape index (κ2) is 4.49. The van der Waals surface area contributed by atoms with Gasteiger partial charge in [-0.15, -0.1) is 0 Å². The molecule has 0 unspecified atom stereocenters. The first-order chi connectivity index (χ1) is 9.49. The number of rotatable bonds is 1. The first-order valence-electron chi connectivity index (χ1n) is 5.84. The topological polar surface area (TPSA) is 20.7 Å².